The van der Waals surface area contributed by atoms with Crippen LogP contribution in [0.25, 0.3) is 0 Å². The Labute approximate surface area is 107 Å². The molecule has 0 spiro atoms. The van der Waals surface area contributed by atoms with Gasteiger partial charge in [-0.3, -0.25) is 9.89 Å². The number of hydrogen-bond acceptors (Lipinski definition) is 3. The molecule has 18 heavy (non-hydrogen) atoms. The van der Waals surface area contributed by atoms with E-state index in [1.165, 1.54) is 5.56 Å². The fourth-order valence-electron chi connectivity index (χ4n) is 2.37. The van der Waals surface area contributed by atoms with Crippen molar-refractivity contribution in [3.63, 3.8) is 0 Å². The van der Waals surface area contributed by atoms with Gasteiger partial charge in [0.2, 0.25) is 0 Å². The van der Waals surface area contributed by atoms with Gasteiger partial charge in [-0.2, -0.15) is 0 Å². The van der Waals surface area contributed by atoms with E-state index in [1.54, 1.807) is 0 Å². The van der Waals surface area contributed by atoms with Crippen LogP contribution >= 0.6 is 0 Å². The summed E-state index contributed by atoms with van der Waals surface area (Å²) >= 11 is 0. The van der Waals surface area contributed by atoms with Crippen LogP contribution in [0.1, 0.15) is 12.0 Å². The Hall–Kier alpha value is -1.59. The first kappa shape index (κ1) is 12.9. The molecule has 1 saturated heterocycles. The van der Waals surface area contributed by atoms with Gasteiger partial charge in [-0.1, -0.05) is 30.3 Å². The van der Waals surface area contributed by atoms with Crippen molar-refractivity contribution in [1.82, 2.24) is 4.90 Å². The van der Waals surface area contributed by atoms with Crippen molar-refractivity contribution in [2.45, 2.75) is 25.1 Å². The van der Waals surface area contributed by atoms with Crippen molar-refractivity contribution in [3.05, 3.63) is 35.9 Å². The Morgan fingerprint density at radius 3 is 2.72 bits per heavy atom. The van der Waals surface area contributed by atoms with E-state index in [1.807, 2.05) is 18.2 Å². The van der Waals surface area contributed by atoms with Crippen LogP contribution in [0.4, 0.5) is 0 Å². The van der Waals surface area contributed by atoms with Gasteiger partial charge in [-0.25, -0.2) is 0 Å². The van der Waals surface area contributed by atoms with Crippen LogP contribution in [0.15, 0.2) is 35.3 Å². The third-order valence-electron chi connectivity index (χ3n) is 3.22. The third-order valence-corrected chi connectivity index (χ3v) is 3.22. The summed E-state index contributed by atoms with van der Waals surface area (Å²) in [6, 6.07) is 10.4. The lowest BCUT2D eigenvalue weighted by Gasteiger charge is -2.22. The summed E-state index contributed by atoms with van der Waals surface area (Å²) in [5, 5.41) is 9.76. The van der Waals surface area contributed by atoms with E-state index in [2.05, 4.69) is 22.0 Å². The van der Waals surface area contributed by atoms with Crippen molar-refractivity contribution < 1.29 is 5.11 Å². The molecule has 0 radical (unpaired) electrons. The second kappa shape index (κ2) is 5.84. The number of β-amino-alcohol motifs (C(OH)–C–C–N with tert-alkyl or cyclic N) is 1. The second-order valence-corrected chi connectivity index (χ2v) is 4.72. The Balaban J connectivity index is 1.99. The standard InChI is InChI=1S/C13H20N4O/c14-13(15)16-7-11-6-12(18)9-17(11)8-10-4-2-1-3-5-10/h1-5,11-12,18H,6-9H2,(H4,14,15,16). The zero-order valence-corrected chi connectivity index (χ0v) is 10.4. The molecule has 2 unspecified atom stereocenters. The van der Waals surface area contributed by atoms with Gasteiger partial charge in [0.15, 0.2) is 5.96 Å². The molecule has 5 nitrogen and oxygen atoms in total. The summed E-state index contributed by atoms with van der Waals surface area (Å²) in [6.45, 7) is 2.05. The molecule has 5 N–H and O–H groups in total. The number of likely N-dealkylation sites (tertiary alicyclic amines) is 1. The smallest absolute Gasteiger partial charge is 0.185 e. The van der Waals surface area contributed by atoms with Gasteiger partial charge in [-0.05, 0) is 12.0 Å². The number of benzene rings is 1. The summed E-state index contributed by atoms with van der Waals surface area (Å²) < 4.78 is 0. The van der Waals surface area contributed by atoms with E-state index < -0.39 is 0 Å². The van der Waals surface area contributed by atoms with E-state index in [-0.39, 0.29) is 18.1 Å². The number of aliphatic hydroxyl groups is 1. The molecule has 1 fully saturated rings. The van der Waals surface area contributed by atoms with Gasteiger partial charge in [0.1, 0.15) is 0 Å². The molecule has 2 rings (SSSR count). The minimum atomic E-state index is -0.284. The van der Waals surface area contributed by atoms with Gasteiger partial charge in [-0.15, -0.1) is 0 Å². The van der Waals surface area contributed by atoms with Crippen LogP contribution < -0.4 is 11.5 Å². The zero-order chi connectivity index (χ0) is 13.0. The lowest BCUT2D eigenvalue weighted by molar-refractivity contribution is 0.173. The van der Waals surface area contributed by atoms with Gasteiger partial charge >= 0.3 is 0 Å². The maximum absolute atomic E-state index is 9.76. The maximum atomic E-state index is 9.76. The first-order valence-electron chi connectivity index (χ1n) is 6.16. The summed E-state index contributed by atoms with van der Waals surface area (Å²) in [5.41, 5.74) is 11.9. The number of guanidine groups is 1. The van der Waals surface area contributed by atoms with E-state index >= 15 is 0 Å². The highest BCUT2D eigenvalue weighted by molar-refractivity contribution is 5.75. The molecular formula is C13H20N4O. The number of nitrogens with two attached hydrogens (primary N) is 2. The van der Waals surface area contributed by atoms with Crippen molar-refractivity contribution in [3.8, 4) is 0 Å². The molecule has 0 amide bonds. The molecule has 1 aliphatic heterocycles. The molecule has 1 aromatic carbocycles. The Kier molecular flexibility index (Phi) is 4.17. The van der Waals surface area contributed by atoms with Crippen LogP contribution in [0.3, 0.4) is 0 Å². The number of rotatable bonds is 4. The van der Waals surface area contributed by atoms with Gasteiger partial charge in [0.25, 0.3) is 0 Å². The molecule has 0 aliphatic carbocycles. The summed E-state index contributed by atoms with van der Waals surface area (Å²) in [5.74, 6) is 0.107. The molecule has 1 heterocycles. The predicted molar refractivity (Wildman–Crippen MR) is 71.9 cm³/mol. The first-order valence-corrected chi connectivity index (χ1v) is 6.16. The lowest BCUT2D eigenvalue weighted by atomic mass is 10.2. The van der Waals surface area contributed by atoms with Crippen LogP contribution in [-0.4, -0.2) is 41.2 Å². The third kappa shape index (κ3) is 3.45. The monoisotopic (exact) mass is 248 g/mol. The van der Waals surface area contributed by atoms with Crippen LogP contribution in [-0.2, 0) is 6.54 Å². The summed E-state index contributed by atoms with van der Waals surface area (Å²) in [7, 11) is 0. The fraction of sp³-hybridized carbons (Fsp3) is 0.462. The normalized spacial score (nSPS) is 24.1. The molecular weight excluding hydrogens is 228 g/mol. The molecule has 1 aliphatic rings. The minimum Gasteiger partial charge on any atom is -0.392 e. The molecule has 0 saturated carbocycles. The topological polar surface area (TPSA) is 87.9 Å². The maximum Gasteiger partial charge on any atom is 0.185 e. The predicted octanol–water partition coefficient (Wildman–Crippen LogP) is -0.105. The number of aliphatic imine (C=N–C) groups is 1. The van der Waals surface area contributed by atoms with Crippen molar-refractivity contribution in [2.75, 3.05) is 13.1 Å². The van der Waals surface area contributed by atoms with Crippen molar-refractivity contribution in [2.24, 2.45) is 16.5 Å². The number of aliphatic hydroxyl groups excluding tert-OH is 1. The van der Waals surface area contributed by atoms with Crippen LogP contribution in [0.2, 0.25) is 0 Å². The molecule has 5 heteroatoms. The largest absolute Gasteiger partial charge is 0.392 e. The minimum absolute atomic E-state index is 0.107. The van der Waals surface area contributed by atoms with Crippen molar-refractivity contribution in [1.29, 1.82) is 0 Å². The highest BCUT2D eigenvalue weighted by atomic mass is 16.3. The molecule has 0 bridgehead atoms. The lowest BCUT2D eigenvalue weighted by Crippen LogP contribution is -2.33. The highest BCUT2D eigenvalue weighted by Gasteiger charge is 2.30. The summed E-state index contributed by atoms with van der Waals surface area (Å²) in [4.78, 5) is 6.28. The Morgan fingerprint density at radius 2 is 2.06 bits per heavy atom. The Morgan fingerprint density at radius 1 is 1.33 bits per heavy atom. The second-order valence-electron chi connectivity index (χ2n) is 4.72. The van der Waals surface area contributed by atoms with Crippen molar-refractivity contribution >= 4 is 5.96 Å². The first-order chi connectivity index (χ1) is 8.65. The molecule has 1 aromatic rings. The average Bonchev–Trinajstić information content (AvgIpc) is 2.68. The van der Waals surface area contributed by atoms with E-state index in [4.69, 9.17) is 11.5 Å². The molecule has 98 valence electrons. The van der Waals surface area contributed by atoms with Gasteiger partial charge in [0, 0.05) is 19.1 Å². The van der Waals surface area contributed by atoms with E-state index in [0.717, 1.165) is 13.0 Å². The zero-order valence-electron chi connectivity index (χ0n) is 10.4. The Bertz CT molecular complexity index is 403. The summed E-state index contributed by atoms with van der Waals surface area (Å²) in [6.07, 6.45) is 0.441. The quantitative estimate of drug-likeness (QED) is 0.512. The SMILES string of the molecule is NC(N)=NCC1CC(O)CN1Cc1ccccc1. The fourth-order valence-corrected chi connectivity index (χ4v) is 2.37. The van der Waals surface area contributed by atoms with Crippen LogP contribution in [0, 0.1) is 0 Å². The van der Waals surface area contributed by atoms with E-state index in [9.17, 15) is 5.11 Å². The van der Waals surface area contributed by atoms with E-state index in [0.29, 0.717) is 13.1 Å². The number of hydrogen-bond donors (Lipinski definition) is 3. The highest BCUT2D eigenvalue weighted by Crippen LogP contribution is 2.20. The number of nitrogens with zero attached hydrogens (tertiary/aromatic N) is 2. The average molecular weight is 248 g/mol. The van der Waals surface area contributed by atoms with Gasteiger partial charge < -0.3 is 16.6 Å². The molecule has 2 atom stereocenters. The molecule has 0 aromatic heterocycles. The van der Waals surface area contributed by atoms with Gasteiger partial charge in [0.05, 0.1) is 12.6 Å². The van der Waals surface area contributed by atoms with Crippen LogP contribution in [0.5, 0.6) is 0 Å².